The number of carbonyl (C=O) groups excluding carboxylic acids is 1. The fourth-order valence-electron chi connectivity index (χ4n) is 10.2. The van der Waals surface area contributed by atoms with Gasteiger partial charge in [-0.3, -0.25) is 0 Å². The van der Waals surface area contributed by atoms with Crippen molar-refractivity contribution in [3.8, 4) is 0 Å². The molecule has 0 spiro atoms. The molecule has 39 heavy (non-hydrogen) atoms. The highest BCUT2D eigenvalue weighted by atomic mass is 16.7. The minimum Gasteiger partial charge on any atom is -0.458 e. The second kappa shape index (κ2) is 9.75. The number of cyclic esters (lactones) is 1. The highest BCUT2D eigenvalue weighted by molar-refractivity contribution is 5.85. The molecule has 5 fully saturated rings. The third-order valence-corrected chi connectivity index (χ3v) is 12.3. The summed E-state index contributed by atoms with van der Waals surface area (Å²) in [5.74, 6) is 0.0523. The molecule has 4 N–H and O–H groups in total. The first-order valence-corrected chi connectivity index (χ1v) is 14.9. The maximum Gasteiger partial charge on any atom is 0.331 e. The van der Waals surface area contributed by atoms with E-state index in [1.165, 1.54) is 7.11 Å². The van der Waals surface area contributed by atoms with Crippen LogP contribution in [0, 0.1) is 34.5 Å². The van der Waals surface area contributed by atoms with Crippen LogP contribution in [0.2, 0.25) is 0 Å². The quantitative estimate of drug-likeness (QED) is 0.307. The van der Waals surface area contributed by atoms with Gasteiger partial charge in [-0.25, -0.2) is 4.79 Å². The fourth-order valence-corrected chi connectivity index (χ4v) is 10.2. The molecule has 2 heterocycles. The summed E-state index contributed by atoms with van der Waals surface area (Å²) in [5, 5.41) is 45.2. The van der Waals surface area contributed by atoms with Gasteiger partial charge in [-0.05, 0) is 93.0 Å². The molecule has 220 valence electrons. The zero-order chi connectivity index (χ0) is 27.9. The smallest absolute Gasteiger partial charge is 0.331 e. The maximum absolute atomic E-state index is 12.4. The number of fused-ring (bicyclic) bond motifs is 5. The number of aliphatic hydroxyl groups is 4. The van der Waals surface area contributed by atoms with Crippen molar-refractivity contribution in [1.29, 1.82) is 0 Å². The summed E-state index contributed by atoms with van der Waals surface area (Å²) in [6.07, 6.45) is 3.05. The normalized spacial score (nSPS) is 55.3. The summed E-state index contributed by atoms with van der Waals surface area (Å²) < 4.78 is 22.7. The predicted molar refractivity (Wildman–Crippen MR) is 139 cm³/mol. The molecule has 0 unspecified atom stereocenters. The van der Waals surface area contributed by atoms with Gasteiger partial charge in [-0.1, -0.05) is 13.8 Å². The largest absolute Gasteiger partial charge is 0.458 e. The summed E-state index contributed by atoms with van der Waals surface area (Å²) in [5.41, 5.74) is -0.550. The van der Waals surface area contributed by atoms with E-state index in [1.54, 1.807) is 13.0 Å². The van der Waals surface area contributed by atoms with Crippen molar-refractivity contribution >= 4 is 5.97 Å². The molecule has 0 aromatic carbocycles. The Morgan fingerprint density at radius 2 is 1.82 bits per heavy atom. The standard InChI is InChI=1S/C30H46O9/c1-15-24(33)26(36-4)25(34)27(38-15)39-18-7-9-28(2)17(12-18)5-6-20-23(28)21(31)13-29(3)19(8-10-30(20,29)35)16-11-22(32)37-14-16/h11,15,17-21,23-27,31,33-35H,5-10,12-14H2,1-4H3/t15-,17-,18-,19-,20-,21-,23-,24+,25-,26+,27+,28+,29-,30-/m1/s1. The lowest BCUT2D eigenvalue weighted by Gasteiger charge is -2.65. The second-order valence-electron chi connectivity index (χ2n) is 13.9. The Morgan fingerprint density at radius 3 is 2.51 bits per heavy atom. The van der Waals surface area contributed by atoms with Crippen molar-refractivity contribution in [2.24, 2.45) is 34.5 Å². The van der Waals surface area contributed by atoms with Crippen LogP contribution in [0.1, 0.15) is 72.1 Å². The van der Waals surface area contributed by atoms with Crippen LogP contribution in [-0.2, 0) is 23.7 Å². The van der Waals surface area contributed by atoms with E-state index in [9.17, 15) is 25.2 Å². The second-order valence-corrected chi connectivity index (χ2v) is 13.9. The molecular weight excluding hydrogens is 504 g/mol. The Bertz CT molecular complexity index is 1000. The number of ether oxygens (including phenoxy) is 4. The number of hydrogen-bond donors (Lipinski definition) is 4. The van der Waals surface area contributed by atoms with Crippen LogP contribution in [0.3, 0.4) is 0 Å². The summed E-state index contributed by atoms with van der Waals surface area (Å²) in [6, 6.07) is 0. The van der Waals surface area contributed by atoms with Gasteiger partial charge in [0.05, 0.1) is 23.9 Å². The first-order chi connectivity index (χ1) is 18.4. The van der Waals surface area contributed by atoms with Crippen LogP contribution in [0.25, 0.3) is 0 Å². The van der Waals surface area contributed by atoms with Crippen molar-refractivity contribution in [3.05, 3.63) is 11.6 Å². The third-order valence-electron chi connectivity index (χ3n) is 12.3. The molecule has 6 aliphatic rings. The molecule has 0 bridgehead atoms. The summed E-state index contributed by atoms with van der Waals surface area (Å²) in [7, 11) is 1.47. The van der Waals surface area contributed by atoms with E-state index in [1.807, 2.05) is 0 Å². The molecule has 1 saturated heterocycles. The molecule has 0 radical (unpaired) electrons. The van der Waals surface area contributed by atoms with Gasteiger partial charge in [0, 0.05) is 18.6 Å². The monoisotopic (exact) mass is 550 g/mol. The van der Waals surface area contributed by atoms with E-state index in [0.717, 1.165) is 44.1 Å². The van der Waals surface area contributed by atoms with Crippen LogP contribution in [0.4, 0.5) is 0 Å². The van der Waals surface area contributed by atoms with Crippen molar-refractivity contribution in [1.82, 2.24) is 0 Å². The summed E-state index contributed by atoms with van der Waals surface area (Å²) in [6.45, 7) is 6.46. The van der Waals surface area contributed by atoms with Crippen molar-refractivity contribution in [2.75, 3.05) is 13.7 Å². The van der Waals surface area contributed by atoms with Gasteiger partial charge < -0.3 is 39.4 Å². The summed E-state index contributed by atoms with van der Waals surface area (Å²) in [4.78, 5) is 11.8. The Kier molecular flexibility index (Phi) is 7.02. The highest BCUT2D eigenvalue weighted by Gasteiger charge is 2.70. The zero-order valence-corrected chi connectivity index (χ0v) is 23.6. The maximum atomic E-state index is 12.4. The Hall–Kier alpha value is -1.07. The Balaban J connectivity index is 1.18. The van der Waals surface area contributed by atoms with Gasteiger partial charge in [0.2, 0.25) is 0 Å². The van der Waals surface area contributed by atoms with Crippen molar-refractivity contribution < 1.29 is 44.2 Å². The minimum atomic E-state index is -1.08. The minimum absolute atomic E-state index is 0.00175. The van der Waals surface area contributed by atoms with Crippen LogP contribution >= 0.6 is 0 Å². The topological polar surface area (TPSA) is 135 Å². The Labute approximate surface area is 230 Å². The lowest BCUT2D eigenvalue weighted by Crippen LogP contribution is -2.66. The van der Waals surface area contributed by atoms with Crippen molar-refractivity contribution in [3.63, 3.8) is 0 Å². The molecule has 9 nitrogen and oxygen atoms in total. The summed E-state index contributed by atoms with van der Waals surface area (Å²) >= 11 is 0. The first-order valence-electron chi connectivity index (χ1n) is 14.9. The van der Waals surface area contributed by atoms with Gasteiger partial charge in [0.1, 0.15) is 24.9 Å². The highest BCUT2D eigenvalue weighted by Crippen LogP contribution is 2.70. The molecule has 6 rings (SSSR count). The molecule has 2 aliphatic heterocycles. The van der Waals surface area contributed by atoms with E-state index in [4.69, 9.17) is 18.9 Å². The number of aliphatic hydroxyl groups excluding tert-OH is 3. The molecule has 0 aromatic heterocycles. The molecule has 14 atom stereocenters. The first kappa shape index (κ1) is 28.1. The third kappa shape index (κ3) is 4.09. The number of rotatable bonds is 4. The van der Waals surface area contributed by atoms with Gasteiger partial charge in [-0.2, -0.15) is 0 Å². The van der Waals surface area contributed by atoms with E-state index >= 15 is 0 Å². The molecular formula is C30H46O9. The van der Waals surface area contributed by atoms with E-state index in [0.29, 0.717) is 25.4 Å². The number of esters is 1. The van der Waals surface area contributed by atoms with Crippen LogP contribution < -0.4 is 0 Å². The van der Waals surface area contributed by atoms with E-state index in [2.05, 4.69) is 13.8 Å². The molecule has 4 saturated carbocycles. The van der Waals surface area contributed by atoms with Gasteiger partial charge in [0.15, 0.2) is 6.29 Å². The van der Waals surface area contributed by atoms with Crippen LogP contribution in [0.5, 0.6) is 0 Å². The number of carbonyl (C=O) groups is 1. The average Bonchev–Trinajstić information content (AvgIpc) is 3.42. The number of methoxy groups -OCH3 is 1. The fraction of sp³-hybridized carbons (Fsp3) is 0.900. The predicted octanol–water partition coefficient (Wildman–Crippen LogP) is 2.08. The van der Waals surface area contributed by atoms with E-state index < -0.39 is 47.8 Å². The molecule has 4 aliphatic carbocycles. The van der Waals surface area contributed by atoms with Gasteiger partial charge in [-0.15, -0.1) is 0 Å². The average molecular weight is 551 g/mol. The number of hydrogen-bond acceptors (Lipinski definition) is 9. The van der Waals surface area contributed by atoms with Gasteiger partial charge >= 0.3 is 5.97 Å². The molecule has 0 aromatic rings. The van der Waals surface area contributed by atoms with E-state index in [-0.39, 0.29) is 35.2 Å². The molecule has 0 amide bonds. The Morgan fingerprint density at radius 1 is 1.05 bits per heavy atom. The van der Waals surface area contributed by atoms with Crippen molar-refractivity contribution in [2.45, 2.75) is 121 Å². The van der Waals surface area contributed by atoms with Crippen LogP contribution in [0.15, 0.2) is 11.6 Å². The van der Waals surface area contributed by atoms with Crippen LogP contribution in [-0.4, -0.2) is 88.6 Å². The lowest BCUT2D eigenvalue weighted by atomic mass is 9.42. The van der Waals surface area contributed by atoms with Gasteiger partial charge in [0.25, 0.3) is 0 Å². The lowest BCUT2D eigenvalue weighted by molar-refractivity contribution is -0.314. The molecule has 9 heteroatoms. The zero-order valence-electron chi connectivity index (χ0n) is 23.6. The SMILES string of the molecule is CO[C@H]1[C@@H](O)[C@@H](C)O[C@@H](O[C@@H]2CC[C@@]3(C)[C@H](CC[C@@H]4[C@@H]3[C@H](O)C[C@]3(C)[C@@H](C5=CC(=O)OC5)CC[C@@]43O)C2)[C@@H]1O.